The van der Waals surface area contributed by atoms with Gasteiger partial charge in [0.1, 0.15) is 12.3 Å². The van der Waals surface area contributed by atoms with Crippen molar-refractivity contribution in [2.45, 2.75) is 13.5 Å². The van der Waals surface area contributed by atoms with Gasteiger partial charge in [-0.2, -0.15) is 0 Å². The molecule has 10 nitrogen and oxygen atoms in total. The average Bonchev–Trinajstić information content (AvgIpc) is 3.07. The lowest BCUT2D eigenvalue weighted by Crippen LogP contribution is -2.37. The Hall–Kier alpha value is -2.69. The molecule has 1 amide bonds. The van der Waals surface area contributed by atoms with Gasteiger partial charge in [-0.15, -0.1) is 0 Å². The summed E-state index contributed by atoms with van der Waals surface area (Å²) in [5, 5.41) is 6.24. The number of nitrogens with one attached hydrogen (secondary N) is 1. The van der Waals surface area contributed by atoms with Crippen LogP contribution in [0.15, 0.2) is 24.9 Å². The molecule has 0 unspecified atom stereocenters. The molecule has 0 atom stereocenters. The van der Waals surface area contributed by atoms with Crippen LogP contribution in [0, 0.1) is 6.92 Å². The second-order valence-electron chi connectivity index (χ2n) is 5.22. The van der Waals surface area contributed by atoms with Crippen molar-refractivity contribution >= 4 is 38.8 Å². The maximum Gasteiger partial charge on any atom is 0.332 e. The summed E-state index contributed by atoms with van der Waals surface area (Å²) < 4.78 is 8.80. The standard InChI is InChI=1S/C13H13BrN6O4/c1-6-4-7(17-24-6)15-8(21)5-20-10-9(16-12(20)14)11(22)19(3)13(23)18(10)2/h4H,5H2,1-3H3,(H,15,17,21). The van der Waals surface area contributed by atoms with Gasteiger partial charge in [-0.3, -0.25) is 23.3 Å². The molecule has 0 aliphatic rings. The van der Waals surface area contributed by atoms with E-state index >= 15 is 0 Å². The lowest BCUT2D eigenvalue weighted by Gasteiger charge is -2.09. The van der Waals surface area contributed by atoms with Gasteiger partial charge in [0.05, 0.1) is 0 Å². The fraction of sp³-hybridized carbons (Fsp3) is 0.308. The first-order valence-corrected chi connectivity index (χ1v) is 7.64. The maximum atomic E-state index is 12.2. The van der Waals surface area contributed by atoms with Gasteiger partial charge in [0.15, 0.2) is 21.7 Å². The second-order valence-corrected chi connectivity index (χ2v) is 5.93. The van der Waals surface area contributed by atoms with Gasteiger partial charge in [-0.1, -0.05) is 5.16 Å². The summed E-state index contributed by atoms with van der Waals surface area (Å²) in [7, 11) is 2.88. The number of amides is 1. The third-order valence-electron chi connectivity index (χ3n) is 3.49. The molecule has 0 aliphatic carbocycles. The van der Waals surface area contributed by atoms with E-state index in [2.05, 4.69) is 31.4 Å². The molecule has 3 rings (SSSR count). The van der Waals surface area contributed by atoms with E-state index in [4.69, 9.17) is 4.52 Å². The predicted molar refractivity (Wildman–Crippen MR) is 87.8 cm³/mol. The van der Waals surface area contributed by atoms with Crippen molar-refractivity contribution in [3.05, 3.63) is 37.4 Å². The lowest BCUT2D eigenvalue weighted by atomic mass is 10.4. The second kappa shape index (κ2) is 5.74. The number of hydrogen-bond acceptors (Lipinski definition) is 6. The molecule has 0 aromatic carbocycles. The van der Waals surface area contributed by atoms with Crippen molar-refractivity contribution in [3.63, 3.8) is 0 Å². The van der Waals surface area contributed by atoms with Crippen molar-refractivity contribution in [2.75, 3.05) is 5.32 Å². The Labute approximate surface area is 142 Å². The van der Waals surface area contributed by atoms with Gasteiger partial charge in [-0.25, -0.2) is 9.78 Å². The molecule has 3 aromatic heterocycles. The molecular weight excluding hydrogens is 384 g/mol. The maximum absolute atomic E-state index is 12.2. The first kappa shape index (κ1) is 16.2. The molecule has 1 N–H and O–H groups in total. The van der Waals surface area contributed by atoms with Crippen LogP contribution in [-0.4, -0.2) is 29.7 Å². The number of nitrogens with zero attached hydrogens (tertiary/aromatic N) is 5. The van der Waals surface area contributed by atoms with E-state index in [9.17, 15) is 14.4 Å². The molecule has 0 saturated carbocycles. The minimum atomic E-state index is -0.528. The largest absolute Gasteiger partial charge is 0.360 e. The summed E-state index contributed by atoms with van der Waals surface area (Å²) in [6, 6.07) is 1.57. The van der Waals surface area contributed by atoms with Crippen molar-refractivity contribution < 1.29 is 9.32 Å². The molecule has 0 saturated heterocycles. The van der Waals surface area contributed by atoms with E-state index in [1.54, 1.807) is 13.0 Å². The topological polar surface area (TPSA) is 117 Å². The highest BCUT2D eigenvalue weighted by atomic mass is 79.9. The Morgan fingerprint density at radius 2 is 2.04 bits per heavy atom. The summed E-state index contributed by atoms with van der Waals surface area (Å²) >= 11 is 3.22. The predicted octanol–water partition coefficient (Wildman–Crippen LogP) is 0.131. The highest BCUT2D eigenvalue weighted by Crippen LogP contribution is 2.16. The summed E-state index contributed by atoms with van der Waals surface area (Å²) in [6.07, 6.45) is 0. The zero-order valence-corrected chi connectivity index (χ0v) is 14.6. The Bertz CT molecular complexity index is 1070. The van der Waals surface area contributed by atoms with Crippen molar-refractivity contribution in [1.29, 1.82) is 0 Å². The number of carbonyl (C=O) groups excluding carboxylic acids is 1. The van der Waals surface area contributed by atoms with E-state index in [-0.39, 0.29) is 28.3 Å². The minimum absolute atomic E-state index is 0.0940. The Morgan fingerprint density at radius 3 is 2.67 bits per heavy atom. The Kier molecular flexibility index (Phi) is 3.87. The van der Waals surface area contributed by atoms with Gasteiger partial charge in [-0.05, 0) is 22.9 Å². The smallest absolute Gasteiger partial charge is 0.332 e. The third-order valence-corrected chi connectivity index (χ3v) is 4.10. The van der Waals surface area contributed by atoms with Crippen LogP contribution in [0.4, 0.5) is 5.82 Å². The van der Waals surface area contributed by atoms with Gasteiger partial charge in [0.2, 0.25) is 5.91 Å². The van der Waals surface area contributed by atoms with E-state index < -0.39 is 17.2 Å². The van der Waals surface area contributed by atoms with Crippen LogP contribution in [-0.2, 0) is 25.4 Å². The molecule has 3 heterocycles. The number of aromatic nitrogens is 5. The van der Waals surface area contributed by atoms with Gasteiger partial charge in [0.25, 0.3) is 5.56 Å². The number of anilines is 1. The minimum Gasteiger partial charge on any atom is -0.360 e. The average molecular weight is 397 g/mol. The molecular formula is C13H13BrN6O4. The highest BCUT2D eigenvalue weighted by molar-refractivity contribution is 9.10. The molecule has 11 heteroatoms. The molecule has 0 spiro atoms. The molecule has 24 heavy (non-hydrogen) atoms. The highest BCUT2D eigenvalue weighted by Gasteiger charge is 2.19. The zero-order valence-electron chi connectivity index (χ0n) is 13.0. The van der Waals surface area contributed by atoms with E-state index in [1.807, 2.05) is 0 Å². The van der Waals surface area contributed by atoms with Gasteiger partial charge >= 0.3 is 5.69 Å². The van der Waals surface area contributed by atoms with Crippen molar-refractivity contribution in [2.24, 2.45) is 14.1 Å². The number of hydrogen-bond donors (Lipinski definition) is 1. The zero-order chi connectivity index (χ0) is 17.6. The monoisotopic (exact) mass is 396 g/mol. The van der Waals surface area contributed by atoms with Crippen LogP contribution in [0.25, 0.3) is 11.2 Å². The lowest BCUT2D eigenvalue weighted by molar-refractivity contribution is -0.116. The Morgan fingerprint density at radius 1 is 1.33 bits per heavy atom. The SMILES string of the molecule is Cc1cc(NC(=O)Cn2c(Br)nc3c(=O)n(C)c(=O)n(C)c32)no1. The normalized spacial score (nSPS) is 11.2. The van der Waals surface area contributed by atoms with Crippen LogP contribution in [0.5, 0.6) is 0 Å². The van der Waals surface area contributed by atoms with Crippen molar-refractivity contribution in [3.8, 4) is 0 Å². The molecule has 0 bridgehead atoms. The van der Waals surface area contributed by atoms with E-state index in [0.29, 0.717) is 5.76 Å². The third kappa shape index (κ3) is 2.56. The van der Waals surface area contributed by atoms with Crippen LogP contribution < -0.4 is 16.6 Å². The quantitative estimate of drug-likeness (QED) is 0.628. The molecule has 3 aromatic rings. The fourth-order valence-electron chi connectivity index (χ4n) is 2.35. The van der Waals surface area contributed by atoms with E-state index in [0.717, 1.165) is 4.57 Å². The molecule has 0 aliphatic heterocycles. The fourth-order valence-corrected chi connectivity index (χ4v) is 2.82. The molecule has 126 valence electrons. The summed E-state index contributed by atoms with van der Waals surface area (Å²) in [5.41, 5.74) is -0.688. The van der Waals surface area contributed by atoms with Crippen LogP contribution in [0.3, 0.4) is 0 Å². The first-order valence-electron chi connectivity index (χ1n) is 6.84. The number of fused-ring (bicyclic) bond motifs is 1. The summed E-state index contributed by atoms with van der Waals surface area (Å²) in [6.45, 7) is 1.54. The van der Waals surface area contributed by atoms with Crippen molar-refractivity contribution in [1.82, 2.24) is 23.8 Å². The Balaban J connectivity index is 2.04. The first-order chi connectivity index (χ1) is 11.3. The summed E-state index contributed by atoms with van der Waals surface area (Å²) in [4.78, 5) is 40.6. The number of aryl methyl sites for hydroxylation is 2. The summed E-state index contributed by atoms with van der Waals surface area (Å²) in [5.74, 6) is 0.435. The van der Waals surface area contributed by atoms with Crippen LogP contribution >= 0.6 is 15.9 Å². The number of carbonyl (C=O) groups is 1. The number of imidazole rings is 1. The van der Waals surface area contributed by atoms with Crippen LogP contribution in [0.1, 0.15) is 5.76 Å². The molecule has 0 radical (unpaired) electrons. The van der Waals surface area contributed by atoms with Crippen LogP contribution in [0.2, 0.25) is 0 Å². The van der Waals surface area contributed by atoms with E-state index in [1.165, 1.54) is 23.2 Å². The molecule has 0 fully saturated rings. The van der Waals surface area contributed by atoms with Gasteiger partial charge < -0.3 is 9.84 Å². The van der Waals surface area contributed by atoms with Gasteiger partial charge in [0, 0.05) is 20.2 Å². The number of halogens is 1. The number of rotatable bonds is 3.